The Kier molecular flexibility index (Phi) is 13.3. The van der Waals surface area contributed by atoms with Gasteiger partial charge >= 0.3 is 0 Å². The summed E-state index contributed by atoms with van der Waals surface area (Å²) in [6.07, 6.45) is 12.9. The molecule has 2 atom stereocenters. The molecule has 0 aromatic carbocycles. The van der Waals surface area contributed by atoms with Gasteiger partial charge in [-0.2, -0.15) is 0 Å². The van der Waals surface area contributed by atoms with E-state index >= 15 is 0 Å². The molecule has 0 rings (SSSR count). The van der Waals surface area contributed by atoms with E-state index in [-0.39, 0.29) is 5.48 Å². The largest absolute Gasteiger partial charge is 0.412 e. The normalized spacial score (nSPS) is 13.2. The van der Waals surface area contributed by atoms with E-state index < -0.39 is 0 Å². The highest BCUT2D eigenvalue weighted by atomic mass is 31.0. The van der Waals surface area contributed by atoms with Crippen molar-refractivity contribution < 1.29 is 5.48 Å². The lowest BCUT2D eigenvalue weighted by molar-refractivity contribution is 0.406. The van der Waals surface area contributed by atoms with E-state index in [1.807, 2.05) is 0 Å². The summed E-state index contributed by atoms with van der Waals surface area (Å²) in [5.41, 5.74) is 0. The van der Waals surface area contributed by atoms with E-state index in [1.165, 1.54) is 57.8 Å². The van der Waals surface area contributed by atoms with E-state index in [9.17, 15) is 0 Å². The molecule has 2 N–H and O–H groups in total. The van der Waals surface area contributed by atoms with Crippen molar-refractivity contribution in [2.24, 2.45) is 5.92 Å². The molecule has 0 aliphatic heterocycles. The van der Waals surface area contributed by atoms with Gasteiger partial charge in [-0.1, -0.05) is 79.1 Å². The van der Waals surface area contributed by atoms with Crippen molar-refractivity contribution in [3.63, 3.8) is 0 Å². The summed E-state index contributed by atoms with van der Waals surface area (Å²) >= 11 is 0. The van der Waals surface area contributed by atoms with E-state index in [0.29, 0.717) is 5.16 Å². The van der Waals surface area contributed by atoms with Crippen LogP contribution in [0.25, 0.3) is 0 Å². The molecule has 0 aliphatic carbocycles. The van der Waals surface area contributed by atoms with Crippen molar-refractivity contribution in [3.05, 3.63) is 0 Å². The van der Waals surface area contributed by atoms with Crippen molar-refractivity contribution in [1.29, 1.82) is 0 Å². The summed E-state index contributed by atoms with van der Waals surface area (Å²) in [5.74, 6) is 0.831. The highest BCUT2D eigenvalue weighted by Gasteiger charge is 2.19. The minimum absolute atomic E-state index is 0. The van der Waals surface area contributed by atoms with Gasteiger partial charge in [0.15, 0.2) is 0 Å². The third kappa shape index (κ3) is 12.6. The predicted molar refractivity (Wildman–Crippen MR) is 83.8 cm³/mol. The van der Waals surface area contributed by atoms with E-state index in [0.717, 1.165) is 5.92 Å². The van der Waals surface area contributed by atoms with Gasteiger partial charge in [-0.15, -0.1) is 9.24 Å². The van der Waals surface area contributed by atoms with E-state index in [1.54, 1.807) is 0 Å². The van der Waals surface area contributed by atoms with Gasteiger partial charge in [0, 0.05) is 0 Å². The standard InChI is InChI=1S/C15H33P.H2O/c1-5-6-7-8-9-10-11-12-13-14(2)15(3,4)16;/h14H,5-13,16H2,1-4H3;1H2. The van der Waals surface area contributed by atoms with Crippen molar-refractivity contribution >= 4 is 9.24 Å². The quantitative estimate of drug-likeness (QED) is 0.393. The van der Waals surface area contributed by atoms with Crippen LogP contribution in [-0.4, -0.2) is 10.6 Å². The van der Waals surface area contributed by atoms with Gasteiger partial charge in [-0.3, -0.25) is 0 Å². The maximum absolute atomic E-state index is 2.98. The summed E-state index contributed by atoms with van der Waals surface area (Å²) in [4.78, 5) is 0. The van der Waals surface area contributed by atoms with Gasteiger partial charge < -0.3 is 5.48 Å². The minimum Gasteiger partial charge on any atom is -0.412 e. The van der Waals surface area contributed by atoms with Crippen LogP contribution in [0.5, 0.6) is 0 Å². The Morgan fingerprint density at radius 1 is 0.882 bits per heavy atom. The average Bonchev–Trinajstić information content (AvgIpc) is 2.20. The highest BCUT2D eigenvalue weighted by Crippen LogP contribution is 2.30. The maximum Gasteiger partial charge on any atom is -0.0181 e. The molecule has 0 heterocycles. The second-order valence-corrected chi connectivity index (χ2v) is 7.47. The molecule has 0 fully saturated rings. The monoisotopic (exact) mass is 262 g/mol. The first-order chi connectivity index (χ1) is 7.48. The second kappa shape index (κ2) is 11.5. The fourth-order valence-electron chi connectivity index (χ4n) is 1.96. The van der Waals surface area contributed by atoms with Crippen LogP contribution in [0.3, 0.4) is 0 Å². The molecule has 0 aromatic heterocycles. The van der Waals surface area contributed by atoms with Crippen LogP contribution in [-0.2, 0) is 0 Å². The Morgan fingerprint density at radius 3 is 1.71 bits per heavy atom. The Labute approximate surface area is 112 Å². The molecule has 0 saturated carbocycles. The molecule has 0 saturated heterocycles. The first kappa shape index (κ1) is 19.7. The molecule has 17 heavy (non-hydrogen) atoms. The Hall–Kier alpha value is 0.390. The molecule has 0 aromatic rings. The van der Waals surface area contributed by atoms with Crippen LogP contribution in [0, 0.1) is 5.92 Å². The molecule has 0 radical (unpaired) electrons. The predicted octanol–water partition coefficient (Wildman–Crippen LogP) is 4.98. The first-order valence-electron chi connectivity index (χ1n) is 7.27. The first-order valence-corrected chi connectivity index (χ1v) is 7.85. The Bertz CT molecular complexity index is 151. The molecule has 106 valence electrons. The number of hydrogen-bond acceptors (Lipinski definition) is 0. The summed E-state index contributed by atoms with van der Waals surface area (Å²) in [5, 5.41) is 0.418. The third-order valence-electron chi connectivity index (χ3n) is 3.76. The van der Waals surface area contributed by atoms with Gasteiger partial charge in [-0.05, 0) is 17.5 Å². The van der Waals surface area contributed by atoms with Crippen LogP contribution < -0.4 is 0 Å². The lowest BCUT2D eigenvalue weighted by Gasteiger charge is -2.26. The molecule has 0 spiro atoms. The molecule has 0 amide bonds. The van der Waals surface area contributed by atoms with Crippen molar-refractivity contribution in [2.75, 3.05) is 0 Å². The minimum atomic E-state index is 0. The smallest absolute Gasteiger partial charge is 0.0181 e. The highest BCUT2D eigenvalue weighted by molar-refractivity contribution is 7.18. The van der Waals surface area contributed by atoms with Gasteiger partial charge in [0.2, 0.25) is 0 Å². The summed E-state index contributed by atoms with van der Waals surface area (Å²) in [6, 6.07) is 0. The van der Waals surface area contributed by atoms with Crippen LogP contribution in [0.2, 0.25) is 0 Å². The lowest BCUT2D eigenvalue weighted by Crippen LogP contribution is -2.20. The zero-order valence-electron chi connectivity index (χ0n) is 12.5. The molecule has 0 aliphatic rings. The van der Waals surface area contributed by atoms with Gasteiger partial charge in [0.05, 0.1) is 0 Å². The third-order valence-corrected chi connectivity index (χ3v) is 4.33. The van der Waals surface area contributed by atoms with Gasteiger partial charge in [-0.25, -0.2) is 0 Å². The fraction of sp³-hybridized carbons (Fsp3) is 1.00. The van der Waals surface area contributed by atoms with Crippen molar-refractivity contribution in [1.82, 2.24) is 0 Å². The van der Waals surface area contributed by atoms with Crippen LogP contribution >= 0.6 is 9.24 Å². The molecule has 2 heteroatoms. The molecule has 1 nitrogen and oxygen atoms in total. The van der Waals surface area contributed by atoms with E-state index in [4.69, 9.17) is 0 Å². The summed E-state index contributed by atoms with van der Waals surface area (Å²) < 4.78 is 0. The average molecular weight is 262 g/mol. The lowest BCUT2D eigenvalue weighted by atomic mass is 9.91. The van der Waals surface area contributed by atoms with Crippen molar-refractivity contribution in [3.8, 4) is 0 Å². The Balaban J connectivity index is 0. The van der Waals surface area contributed by atoms with Crippen LogP contribution in [0.1, 0.15) is 85.5 Å². The van der Waals surface area contributed by atoms with Crippen molar-refractivity contribution in [2.45, 2.75) is 90.6 Å². The van der Waals surface area contributed by atoms with Gasteiger partial charge in [0.25, 0.3) is 0 Å². The molecule has 2 unspecified atom stereocenters. The number of unbranched alkanes of at least 4 members (excludes halogenated alkanes) is 7. The SMILES string of the molecule is CCCCCCCCCCC(C)C(C)(C)P.O. The zero-order valence-corrected chi connectivity index (χ0v) is 13.7. The molecular formula is C15H35OP. The summed E-state index contributed by atoms with van der Waals surface area (Å²) in [7, 11) is 2.98. The van der Waals surface area contributed by atoms with E-state index in [2.05, 4.69) is 36.9 Å². The maximum atomic E-state index is 2.98. The number of hydrogen-bond donors (Lipinski definition) is 0. The molecule has 0 bridgehead atoms. The zero-order chi connectivity index (χ0) is 12.4. The summed E-state index contributed by atoms with van der Waals surface area (Å²) in [6.45, 7) is 9.32. The van der Waals surface area contributed by atoms with Gasteiger partial charge in [0.1, 0.15) is 0 Å². The van der Waals surface area contributed by atoms with Crippen LogP contribution in [0.4, 0.5) is 0 Å². The topological polar surface area (TPSA) is 31.5 Å². The number of rotatable bonds is 10. The molecular weight excluding hydrogens is 227 g/mol. The van der Waals surface area contributed by atoms with Crippen LogP contribution in [0.15, 0.2) is 0 Å². The Morgan fingerprint density at radius 2 is 1.29 bits per heavy atom. The fourth-order valence-corrected chi connectivity index (χ4v) is 2.12. The second-order valence-electron chi connectivity index (χ2n) is 5.99.